The molecule has 0 saturated heterocycles. The topological polar surface area (TPSA) is 110 Å². The normalized spacial score (nSPS) is 10.9. The van der Waals surface area contributed by atoms with Crippen molar-refractivity contribution in [2.75, 3.05) is 5.32 Å². The van der Waals surface area contributed by atoms with Crippen LogP contribution in [0.25, 0.3) is 22.6 Å². The third-order valence-corrected chi connectivity index (χ3v) is 5.54. The van der Waals surface area contributed by atoms with Gasteiger partial charge in [0, 0.05) is 28.4 Å². The highest BCUT2D eigenvalue weighted by Crippen LogP contribution is 2.28. The molecule has 0 aliphatic rings. The Morgan fingerprint density at radius 3 is 2.65 bits per heavy atom. The highest BCUT2D eigenvalue weighted by Gasteiger charge is 2.16. The van der Waals surface area contributed by atoms with Crippen LogP contribution in [0.4, 0.5) is 11.4 Å². The number of rotatable bonds is 5. The third kappa shape index (κ3) is 4.94. The van der Waals surface area contributed by atoms with E-state index in [0.717, 1.165) is 11.1 Å². The van der Waals surface area contributed by atoms with E-state index in [1.54, 1.807) is 13.0 Å². The number of nitro benzene ring substituents is 1. The molecule has 1 aromatic heterocycles. The molecule has 4 aromatic rings. The SMILES string of the molecule is Cc1ccc(C(=O)NC(=S)Nc2cccc(-c3nc4cc(C(C)C)ccc4o3)c2)cc1[N+](=O)[O-]. The molecular formula is C25H22N4O4S. The molecule has 8 nitrogen and oxygen atoms in total. The van der Waals surface area contributed by atoms with Crippen LogP contribution in [0.15, 0.2) is 65.1 Å². The van der Waals surface area contributed by atoms with Gasteiger partial charge < -0.3 is 9.73 Å². The Morgan fingerprint density at radius 1 is 1.12 bits per heavy atom. The van der Waals surface area contributed by atoms with E-state index in [4.69, 9.17) is 16.6 Å². The van der Waals surface area contributed by atoms with E-state index in [-0.39, 0.29) is 16.4 Å². The fourth-order valence-electron chi connectivity index (χ4n) is 3.44. The van der Waals surface area contributed by atoms with Gasteiger partial charge in [0.1, 0.15) is 5.52 Å². The molecule has 0 aliphatic carbocycles. The fraction of sp³-hybridized carbons (Fsp3) is 0.160. The van der Waals surface area contributed by atoms with Gasteiger partial charge in [0.25, 0.3) is 11.6 Å². The second-order valence-corrected chi connectivity index (χ2v) is 8.56. The van der Waals surface area contributed by atoms with Crippen LogP contribution in [0.3, 0.4) is 0 Å². The first kappa shape index (κ1) is 23.1. The van der Waals surface area contributed by atoms with Crippen LogP contribution in [-0.2, 0) is 0 Å². The summed E-state index contributed by atoms with van der Waals surface area (Å²) in [5, 5.41) is 16.7. The van der Waals surface area contributed by atoms with Crippen molar-refractivity contribution in [3.63, 3.8) is 0 Å². The lowest BCUT2D eigenvalue weighted by Gasteiger charge is -2.10. The van der Waals surface area contributed by atoms with Crippen LogP contribution in [0.1, 0.15) is 41.3 Å². The predicted octanol–water partition coefficient (Wildman–Crippen LogP) is 5.96. The largest absolute Gasteiger partial charge is 0.436 e. The number of hydrogen-bond acceptors (Lipinski definition) is 6. The molecule has 9 heteroatoms. The Bertz CT molecular complexity index is 1430. The molecule has 3 aromatic carbocycles. The first-order valence-electron chi connectivity index (χ1n) is 10.6. The number of nitro groups is 1. The number of carbonyl (C=O) groups is 1. The van der Waals surface area contributed by atoms with Gasteiger partial charge in [0.2, 0.25) is 5.89 Å². The average Bonchev–Trinajstić information content (AvgIpc) is 3.22. The van der Waals surface area contributed by atoms with E-state index >= 15 is 0 Å². The van der Waals surface area contributed by atoms with Crippen molar-refractivity contribution in [3.05, 3.63) is 87.5 Å². The van der Waals surface area contributed by atoms with Gasteiger partial charge in [-0.2, -0.15) is 0 Å². The summed E-state index contributed by atoms with van der Waals surface area (Å²) in [6.07, 6.45) is 0. The number of oxazole rings is 1. The monoisotopic (exact) mass is 474 g/mol. The molecule has 1 amide bonds. The second kappa shape index (κ2) is 9.40. The smallest absolute Gasteiger partial charge is 0.273 e. The predicted molar refractivity (Wildman–Crippen MR) is 135 cm³/mol. The number of nitrogens with zero attached hydrogens (tertiary/aromatic N) is 2. The maximum atomic E-state index is 12.5. The van der Waals surface area contributed by atoms with Crippen LogP contribution in [0.2, 0.25) is 0 Å². The zero-order chi connectivity index (χ0) is 24.4. The molecule has 0 atom stereocenters. The quantitative estimate of drug-likeness (QED) is 0.208. The Labute approximate surface area is 201 Å². The zero-order valence-corrected chi connectivity index (χ0v) is 19.6. The maximum Gasteiger partial charge on any atom is 0.273 e. The maximum absolute atomic E-state index is 12.5. The molecule has 0 fully saturated rings. The molecule has 0 spiro atoms. The number of hydrogen-bond donors (Lipinski definition) is 2. The number of carbonyl (C=O) groups excluding carboxylic acids is 1. The van der Waals surface area contributed by atoms with Crippen LogP contribution in [-0.4, -0.2) is 20.9 Å². The van der Waals surface area contributed by atoms with E-state index in [2.05, 4.69) is 29.5 Å². The van der Waals surface area contributed by atoms with Crippen LogP contribution in [0, 0.1) is 17.0 Å². The molecule has 0 unspecified atom stereocenters. The molecular weight excluding hydrogens is 452 g/mol. The lowest BCUT2D eigenvalue weighted by Crippen LogP contribution is -2.34. The standard InChI is InChI=1S/C25H22N4O4S/c1-14(2)16-9-10-22-20(12-16)27-24(33-22)18-5-4-6-19(11-18)26-25(34)28-23(30)17-8-7-15(3)21(13-17)29(31)32/h4-14H,1-3H3,(H2,26,28,30,34). The van der Waals surface area contributed by atoms with Gasteiger partial charge in [-0.25, -0.2) is 4.98 Å². The highest BCUT2D eigenvalue weighted by atomic mass is 32.1. The van der Waals surface area contributed by atoms with Crippen molar-refractivity contribution in [1.82, 2.24) is 10.3 Å². The summed E-state index contributed by atoms with van der Waals surface area (Å²) in [4.78, 5) is 27.7. The van der Waals surface area contributed by atoms with Gasteiger partial charge in [-0.3, -0.25) is 20.2 Å². The molecule has 2 N–H and O–H groups in total. The summed E-state index contributed by atoms with van der Waals surface area (Å²) >= 11 is 5.26. The average molecular weight is 475 g/mol. The van der Waals surface area contributed by atoms with Crippen LogP contribution < -0.4 is 10.6 Å². The van der Waals surface area contributed by atoms with Gasteiger partial charge in [0.05, 0.1) is 4.92 Å². The first-order chi connectivity index (χ1) is 16.2. The van der Waals surface area contributed by atoms with Crippen molar-refractivity contribution >= 4 is 45.7 Å². The number of aromatic nitrogens is 1. The summed E-state index contributed by atoms with van der Waals surface area (Å²) in [5.41, 5.74) is 4.53. The van der Waals surface area contributed by atoms with Gasteiger partial charge in [-0.1, -0.05) is 32.0 Å². The Hall–Kier alpha value is -4.11. The molecule has 0 radical (unpaired) electrons. The van der Waals surface area contributed by atoms with E-state index in [0.29, 0.717) is 28.6 Å². The number of aryl methyl sites for hydroxylation is 1. The van der Waals surface area contributed by atoms with Crippen molar-refractivity contribution in [2.45, 2.75) is 26.7 Å². The van der Waals surface area contributed by atoms with E-state index in [1.807, 2.05) is 36.4 Å². The summed E-state index contributed by atoms with van der Waals surface area (Å²) < 4.78 is 5.91. The summed E-state index contributed by atoms with van der Waals surface area (Å²) in [6.45, 7) is 5.86. The fourth-order valence-corrected chi connectivity index (χ4v) is 3.65. The second-order valence-electron chi connectivity index (χ2n) is 8.15. The van der Waals surface area contributed by atoms with Crippen molar-refractivity contribution in [1.29, 1.82) is 0 Å². The number of nitrogens with one attached hydrogen (secondary N) is 2. The van der Waals surface area contributed by atoms with Crippen LogP contribution >= 0.6 is 12.2 Å². The van der Waals surface area contributed by atoms with Crippen molar-refractivity contribution in [3.8, 4) is 11.5 Å². The Balaban J connectivity index is 1.49. The molecule has 0 aliphatic heterocycles. The Morgan fingerprint density at radius 2 is 1.91 bits per heavy atom. The van der Waals surface area contributed by atoms with E-state index < -0.39 is 10.8 Å². The minimum absolute atomic E-state index is 0.0597. The minimum Gasteiger partial charge on any atom is -0.436 e. The number of thiocarbonyl (C=S) groups is 1. The molecule has 0 bridgehead atoms. The third-order valence-electron chi connectivity index (χ3n) is 5.34. The van der Waals surface area contributed by atoms with Gasteiger partial charge in [-0.05, 0) is 67.0 Å². The number of benzene rings is 3. The first-order valence-corrected chi connectivity index (χ1v) is 11.0. The molecule has 4 rings (SSSR count). The van der Waals surface area contributed by atoms with Gasteiger partial charge >= 0.3 is 0 Å². The molecule has 0 saturated carbocycles. The van der Waals surface area contributed by atoms with Crippen LogP contribution in [0.5, 0.6) is 0 Å². The summed E-state index contributed by atoms with van der Waals surface area (Å²) in [6, 6.07) is 17.5. The van der Waals surface area contributed by atoms with Gasteiger partial charge in [0.15, 0.2) is 10.7 Å². The zero-order valence-electron chi connectivity index (χ0n) is 18.8. The minimum atomic E-state index is -0.545. The number of amides is 1. The van der Waals surface area contributed by atoms with Gasteiger partial charge in [-0.15, -0.1) is 0 Å². The van der Waals surface area contributed by atoms with Crippen molar-refractivity contribution < 1.29 is 14.1 Å². The highest BCUT2D eigenvalue weighted by molar-refractivity contribution is 7.80. The van der Waals surface area contributed by atoms with E-state index in [9.17, 15) is 14.9 Å². The van der Waals surface area contributed by atoms with E-state index in [1.165, 1.54) is 23.8 Å². The Kier molecular flexibility index (Phi) is 6.38. The lowest BCUT2D eigenvalue weighted by molar-refractivity contribution is -0.385. The molecule has 1 heterocycles. The molecule has 172 valence electrons. The molecule has 34 heavy (non-hydrogen) atoms. The summed E-state index contributed by atoms with van der Waals surface area (Å²) in [7, 11) is 0. The summed E-state index contributed by atoms with van der Waals surface area (Å²) in [5.74, 6) is 0.317. The number of anilines is 1. The van der Waals surface area contributed by atoms with Crippen molar-refractivity contribution in [2.24, 2.45) is 0 Å². The lowest BCUT2D eigenvalue weighted by atomic mass is 10.0. The number of fused-ring (bicyclic) bond motifs is 1.